The van der Waals surface area contributed by atoms with Gasteiger partial charge in [0.15, 0.2) is 0 Å². The molecule has 2 heterocycles. The smallest absolute Gasteiger partial charge is 0.338 e. The van der Waals surface area contributed by atoms with Crippen molar-refractivity contribution in [2.75, 3.05) is 6.61 Å². The van der Waals surface area contributed by atoms with E-state index in [1.165, 1.54) is 28.4 Å². The van der Waals surface area contributed by atoms with Crippen LogP contribution in [0.5, 0.6) is 0 Å². The number of benzene rings is 1. The van der Waals surface area contributed by atoms with Gasteiger partial charge >= 0.3 is 12.0 Å². The lowest BCUT2D eigenvalue weighted by Gasteiger charge is -2.35. The standard InChI is InChI=1S/C19H19FN2O3S/c1-3-25-18(23)16-12(2)22(11-15-8-5-9-26-15)19(24)21-17(16)13-6-4-7-14(20)10-13/h4-10,17H,3,11H2,1-2H3,(H,21,24)/t17-/m0/s1. The van der Waals surface area contributed by atoms with Crippen molar-refractivity contribution < 1.29 is 18.7 Å². The zero-order valence-corrected chi connectivity index (χ0v) is 15.3. The number of amides is 2. The van der Waals surface area contributed by atoms with E-state index in [1.54, 1.807) is 26.0 Å². The van der Waals surface area contributed by atoms with E-state index in [0.717, 1.165) is 4.88 Å². The van der Waals surface area contributed by atoms with Crippen molar-refractivity contribution in [2.24, 2.45) is 0 Å². The number of hydrogen-bond acceptors (Lipinski definition) is 4. The van der Waals surface area contributed by atoms with Crippen LogP contribution in [0.1, 0.15) is 30.3 Å². The number of ether oxygens (including phenoxy) is 1. The molecule has 0 saturated carbocycles. The predicted octanol–water partition coefficient (Wildman–Crippen LogP) is 3.99. The lowest BCUT2D eigenvalue weighted by molar-refractivity contribution is -0.139. The number of urea groups is 1. The van der Waals surface area contributed by atoms with Crippen LogP contribution in [0.4, 0.5) is 9.18 Å². The summed E-state index contributed by atoms with van der Waals surface area (Å²) < 4.78 is 18.9. The average Bonchev–Trinajstić information content (AvgIpc) is 3.11. The molecule has 0 aliphatic carbocycles. The Balaban J connectivity index is 2.04. The van der Waals surface area contributed by atoms with Gasteiger partial charge in [-0.3, -0.25) is 4.90 Å². The molecule has 2 aromatic rings. The Hall–Kier alpha value is -2.67. The summed E-state index contributed by atoms with van der Waals surface area (Å²) in [5, 5.41) is 4.74. The first kappa shape index (κ1) is 18.1. The molecular formula is C19H19FN2O3S. The molecule has 26 heavy (non-hydrogen) atoms. The van der Waals surface area contributed by atoms with E-state index in [1.807, 2.05) is 17.5 Å². The highest BCUT2D eigenvalue weighted by atomic mass is 32.1. The van der Waals surface area contributed by atoms with Crippen molar-refractivity contribution in [1.29, 1.82) is 0 Å². The molecule has 1 aromatic carbocycles. The summed E-state index contributed by atoms with van der Waals surface area (Å²) in [6, 6.07) is 8.60. The summed E-state index contributed by atoms with van der Waals surface area (Å²) in [7, 11) is 0. The summed E-state index contributed by atoms with van der Waals surface area (Å²) in [5.74, 6) is -0.950. The fourth-order valence-electron chi connectivity index (χ4n) is 2.94. The molecule has 0 fully saturated rings. The molecule has 1 aromatic heterocycles. The molecule has 3 rings (SSSR count). The lowest BCUT2D eigenvalue weighted by Crippen LogP contribution is -2.47. The van der Waals surface area contributed by atoms with Gasteiger partial charge in [0, 0.05) is 10.6 Å². The minimum absolute atomic E-state index is 0.213. The normalized spacial score (nSPS) is 17.3. The molecule has 1 N–H and O–H groups in total. The van der Waals surface area contributed by atoms with E-state index >= 15 is 0 Å². The third-order valence-corrected chi connectivity index (χ3v) is 5.03. The van der Waals surface area contributed by atoms with Crippen molar-refractivity contribution in [2.45, 2.75) is 26.4 Å². The molecule has 136 valence electrons. The Bertz CT molecular complexity index is 848. The zero-order valence-electron chi connectivity index (χ0n) is 14.5. The second-order valence-corrected chi connectivity index (χ2v) is 6.85. The molecule has 2 amide bonds. The quantitative estimate of drug-likeness (QED) is 0.805. The van der Waals surface area contributed by atoms with Gasteiger partial charge in [0.1, 0.15) is 5.82 Å². The van der Waals surface area contributed by atoms with Gasteiger partial charge in [0.25, 0.3) is 0 Å². The molecule has 0 spiro atoms. The van der Waals surface area contributed by atoms with Crippen LogP contribution in [0, 0.1) is 5.82 Å². The highest BCUT2D eigenvalue weighted by molar-refractivity contribution is 7.09. The molecule has 1 atom stereocenters. The van der Waals surface area contributed by atoms with Gasteiger partial charge in [-0.25, -0.2) is 14.0 Å². The summed E-state index contributed by atoms with van der Waals surface area (Å²) in [6.45, 7) is 4.00. The lowest BCUT2D eigenvalue weighted by atomic mass is 9.95. The first-order chi connectivity index (χ1) is 12.5. The topological polar surface area (TPSA) is 58.6 Å². The van der Waals surface area contributed by atoms with Gasteiger partial charge in [-0.1, -0.05) is 18.2 Å². The van der Waals surface area contributed by atoms with E-state index in [4.69, 9.17) is 4.74 Å². The monoisotopic (exact) mass is 374 g/mol. The van der Waals surface area contributed by atoms with Crippen LogP contribution in [0.3, 0.4) is 0 Å². The van der Waals surface area contributed by atoms with Crippen molar-refractivity contribution >= 4 is 23.3 Å². The van der Waals surface area contributed by atoms with Crippen molar-refractivity contribution in [3.63, 3.8) is 0 Å². The second kappa shape index (κ2) is 7.70. The Morgan fingerprint density at radius 1 is 1.35 bits per heavy atom. The maximum Gasteiger partial charge on any atom is 0.338 e. The number of allylic oxidation sites excluding steroid dienone is 1. The van der Waals surface area contributed by atoms with E-state index < -0.39 is 17.8 Å². The molecular weight excluding hydrogens is 355 g/mol. The number of hydrogen-bond donors (Lipinski definition) is 1. The summed E-state index contributed by atoms with van der Waals surface area (Å²) in [6.07, 6.45) is 0. The van der Waals surface area contributed by atoms with Crippen molar-refractivity contribution in [1.82, 2.24) is 10.2 Å². The molecule has 5 nitrogen and oxygen atoms in total. The summed E-state index contributed by atoms with van der Waals surface area (Å²) in [5.41, 5.74) is 1.32. The second-order valence-electron chi connectivity index (χ2n) is 5.82. The van der Waals surface area contributed by atoms with E-state index in [2.05, 4.69) is 5.32 Å². The molecule has 7 heteroatoms. The SMILES string of the molecule is CCOC(=O)C1=C(C)N(Cc2cccs2)C(=O)N[C@H]1c1cccc(F)c1. The zero-order chi connectivity index (χ0) is 18.7. The Morgan fingerprint density at radius 2 is 2.15 bits per heavy atom. The maximum absolute atomic E-state index is 13.7. The molecule has 0 bridgehead atoms. The van der Waals surface area contributed by atoms with E-state index in [-0.39, 0.29) is 12.6 Å². The number of rotatable bonds is 5. The number of halogens is 1. The van der Waals surface area contributed by atoms with Crippen LogP contribution in [-0.2, 0) is 16.1 Å². The number of thiophene rings is 1. The number of nitrogens with zero attached hydrogens (tertiary/aromatic N) is 1. The van der Waals surface area contributed by atoms with Gasteiger partial charge in [-0.05, 0) is 43.0 Å². The highest BCUT2D eigenvalue weighted by Gasteiger charge is 2.36. The van der Waals surface area contributed by atoms with Crippen LogP contribution < -0.4 is 5.32 Å². The first-order valence-electron chi connectivity index (χ1n) is 8.25. The van der Waals surface area contributed by atoms with Gasteiger partial charge in [-0.15, -0.1) is 11.3 Å². The van der Waals surface area contributed by atoms with Gasteiger partial charge in [0.2, 0.25) is 0 Å². The largest absolute Gasteiger partial charge is 0.463 e. The minimum Gasteiger partial charge on any atom is -0.463 e. The highest BCUT2D eigenvalue weighted by Crippen LogP contribution is 2.32. The van der Waals surface area contributed by atoms with Crippen molar-refractivity contribution in [3.05, 3.63) is 69.3 Å². The van der Waals surface area contributed by atoms with Crippen LogP contribution in [0.2, 0.25) is 0 Å². The molecule has 0 saturated heterocycles. The van der Waals surface area contributed by atoms with Crippen LogP contribution >= 0.6 is 11.3 Å². The summed E-state index contributed by atoms with van der Waals surface area (Å²) in [4.78, 5) is 27.7. The number of esters is 1. The fraction of sp³-hybridized carbons (Fsp3) is 0.263. The van der Waals surface area contributed by atoms with Gasteiger partial charge in [-0.2, -0.15) is 0 Å². The van der Waals surface area contributed by atoms with Crippen LogP contribution in [-0.4, -0.2) is 23.5 Å². The number of nitrogens with one attached hydrogen (secondary N) is 1. The third-order valence-electron chi connectivity index (χ3n) is 4.17. The minimum atomic E-state index is -0.753. The Morgan fingerprint density at radius 3 is 2.81 bits per heavy atom. The molecule has 1 aliphatic heterocycles. The third kappa shape index (κ3) is 3.62. The Labute approximate surface area is 155 Å². The molecule has 1 aliphatic rings. The molecule has 0 radical (unpaired) electrons. The van der Waals surface area contributed by atoms with E-state index in [9.17, 15) is 14.0 Å². The predicted molar refractivity (Wildman–Crippen MR) is 96.9 cm³/mol. The fourth-order valence-corrected chi connectivity index (χ4v) is 3.63. The Kier molecular flexibility index (Phi) is 5.37. The van der Waals surface area contributed by atoms with Crippen molar-refractivity contribution in [3.8, 4) is 0 Å². The van der Waals surface area contributed by atoms with Gasteiger partial charge in [0.05, 0.1) is 24.8 Å². The van der Waals surface area contributed by atoms with Crippen LogP contribution in [0.15, 0.2) is 53.0 Å². The number of carbonyl (C=O) groups is 2. The van der Waals surface area contributed by atoms with Gasteiger partial charge < -0.3 is 10.1 Å². The maximum atomic E-state index is 13.7. The summed E-state index contributed by atoms with van der Waals surface area (Å²) >= 11 is 1.53. The van der Waals surface area contributed by atoms with Crippen LogP contribution in [0.25, 0.3) is 0 Å². The average molecular weight is 374 g/mol. The first-order valence-corrected chi connectivity index (χ1v) is 9.13. The van der Waals surface area contributed by atoms with E-state index in [0.29, 0.717) is 23.4 Å². The molecule has 0 unspecified atom stereocenters. The number of carbonyl (C=O) groups excluding carboxylic acids is 2.